The lowest BCUT2D eigenvalue weighted by atomic mass is 10.3. The number of amides is 1. The van der Waals surface area contributed by atoms with Gasteiger partial charge in [0.2, 0.25) is 5.91 Å². The molecule has 0 aliphatic rings. The van der Waals surface area contributed by atoms with Gasteiger partial charge in [-0.1, -0.05) is 0 Å². The summed E-state index contributed by atoms with van der Waals surface area (Å²) in [6.45, 7) is 1.73. The van der Waals surface area contributed by atoms with E-state index in [4.69, 9.17) is 5.73 Å². The van der Waals surface area contributed by atoms with E-state index in [0.29, 0.717) is 10.6 Å². The summed E-state index contributed by atoms with van der Waals surface area (Å²) in [4.78, 5) is 23.3. The van der Waals surface area contributed by atoms with Crippen molar-refractivity contribution in [3.63, 3.8) is 0 Å². The third-order valence-electron chi connectivity index (χ3n) is 1.70. The summed E-state index contributed by atoms with van der Waals surface area (Å²) < 4.78 is 4.59. The summed E-state index contributed by atoms with van der Waals surface area (Å²) in [6, 6.07) is 1.67. The van der Waals surface area contributed by atoms with E-state index < -0.39 is 5.97 Å². The van der Waals surface area contributed by atoms with Crippen molar-refractivity contribution in [3.8, 4) is 0 Å². The molecular weight excluding hydrogens is 216 g/mol. The number of aryl methyl sites for hydroxylation is 1. The van der Waals surface area contributed by atoms with Crippen molar-refractivity contribution in [2.75, 3.05) is 19.0 Å². The van der Waals surface area contributed by atoms with E-state index in [-0.39, 0.29) is 12.5 Å². The van der Waals surface area contributed by atoms with E-state index in [1.165, 1.54) is 18.4 Å². The van der Waals surface area contributed by atoms with Gasteiger partial charge in [-0.15, -0.1) is 11.3 Å². The Hall–Kier alpha value is -1.40. The van der Waals surface area contributed by atoms with Gasteiger partial charge < -0.3 is 15.8 Å². The largest absolute Gasteiger partial charge is 0.465 e. The van der Waals surface area contributed by atoms with Crippen LogP contribution >= 0.6 is 11.3 Å². The molecule has 1 aromatic heterocycles. The van der Waals surface area contributed by atoms with Gasteiger partial charge in [0.1, 0.15) is 5.00 Å². The van der Waals surface area contributed by atoms with Crippen LogP contribution in [0.1, 0.15) is 15.2 Å². The molecule has 6 heteroatoms. The van der Waals surface area contributed by atoms with Crippen LogP contribution in [0.4, 0.5) is 5.00 Å². The lowest BCUT2D eigenvalue weighted by Crippen LogP contribution is -2.22. The van der Waals surface area contributed by atoms with Gasteiger partial charge in [-0.3, -0.25) is 4.79 Å². The number of ether oxygens (including phenoxy) is 1. The predicted molar refractivity (Wildman–Crippen MR) is 58.1 cm³/mol. The Morgan fingerprint density at radius 2 is 2.27 bits per heavy atom. The molecule has 0 spiro atoms. The number of nitrogens with one attached hydrogen (secondary N) is 1. The fourth-order valence-electron chi connectivity index (χ4n) is 1.05. The molecule has 0 unspecified atom stereocenters. The Balaban J connectivity index is 2.96. The molecule has 0 atom stereocenters. The van der Waals surface area contributed by atoms with Crippen LogP contribution in [0.15, 0.2) is 6.07 Å². The van der Waals surface area contributed by atoms with E-state index in [1.54, 1.807) is 6.07 Å². The van der Waals surface area contributed by atoms with E-state index in [0.717, 1.165) is 4.88 Å². The average Bonchev–Trinajstić information content (AvgIpc) is 2.58. The SMILES string of the molecule is COC(=O)c1cc(C)sc1NC(=O)CN. The van der Waals surface area contributed by atoms with Gasteiger partial charge in [-0.2, -0.15) is 0 Å². The zero-order chi connectivity index (χ0) is 11.4. The van der Waals surface area contributed by atoms with Crippen LogP contribution in [0.2, 0.25) is 0 Å². The van der Waals surface area contributed by atoms with Gasteiger partial charge in [0.15, 0.2) is 0 Å². The summed E-state index contributed by atoms with van der Waals surface area (Å²) in [6.07, 6.45) is 0. The molecule has 0 saturated heterocycles. The number of carbonyl (C=O) groups excluding carboxylic acids is 2. The van der Waals surface area contributed by atoms with Crippen LogP contribution in [0.5, 0.6) is 0 Å². The van der Waals surface area contributed by atoms with Crippen molar-refractivity contribution in [3.05, 3.63) is 16.5 Å². The van der Waals surface area contributed by atoms with Gasteiger partial charge in [-0.25, -0.2) is 4.79 Å². The Kier molecular flexibility index (Phi) is 3.81. The number of hydrogen-bond acceptors (Lipinski definition) is 5. The molecular formula is C9H12N2O3S. The summed E-state index contributed by atoms with van der Waals surface area (Å²) in [5.41, 5.74) is 5.52. The van der Waals surface area contributed by atoms with Gasteiger partial charge in [0.25, 0.3) is 0 Å². The zero-order valence-electron chi connectivity index (χ0n) is 8.49. The number of carbonyl (C=O) groups is 2. The maximum absolute atomic E-state index is 11.3. The topological polar surface area (TPSA) is 81.4 Å². The highest BCUT2D eigenvalue weighted by Gasteiger charge is 2.16. The Labute approximate surface area is 91.2 Å². The predicted octanol–water partition coefficient (Wildman–Crippen LogP) is 0.740. The molecule has 1 amide bonds. The molecule has 1 rings (SSSR count). The van der Waals surface area contributed by atoms with Crippen molar-refractivity contribution in [1.82, 2.24) is 0 Å². The van der Waals surface area contributed by atoms with Gasteiger partial charge in [0.05, 0.1) is 19.2 Å². The average molecular weight is 228 g/mol. The van der Waals surface area contributed by atoms with Gasteiger partial charge in [0, 0.05) is 4.88 Å². The number of rotatable bonds is 3. The van der Waals surface area contributed by atoms with E-state index in [1.807, 2.05) is 6.92 Å². The second-order valence-corrected chi connectivity index (χ2v) is 4.10. The molecule has 0 aliphatic heterocycles. The van der Waals surface area contributed by atoms with E-state index >= 15 is 0 Å². The maximum Gasteiger partial charge on any atom is 0.340 e. The highest BCUT2D eigenvalue weighted by molar-refractivity contribution is 7.16. The van der Waals surface area contributed by atoms with Crippen LogP contribution in [0.3, 0.4) is 0 Å². The molecule has 3 N–H and O–H groups in total. The molecule has 15 heavy (non-hydrogen) atoms. The first-order valence-electron chi connectivity index (χ1n) is 4.27. The molecule has 0 radical (unpaired) electrons. The highest BCUT2D eigenvalue weighted by atomic mass is 32.1. The number of thiophene rings is 1. The van der Waals surface area contributed by atoms with Crippen LogP contribution in [0.25, 0.3) is 0 Å². The number of esters is 1. The first-order chi connectivity index (χ1) is 7.08. The van der Waals surface area contributed by atoms with Crippen LogP contribution in [-0.2, 0) is 9.53 Å². The normalized spacial score (nSPS) is 9.80. The first-order valence-corrected chi connectivity index (χ1v) is 5.08. The standard InChI is InChI=1S/C9H12N2O3S/c1-5-3-6(9(13)14-2)8(15-5)11-7(12)4-10/h3H,4,10H2,1-2H3,(H,11,12). The minimum Gasteiger partial charge on any atom is -0.465 e. The molecule has 1 heterocycles. The smallest absolute Gasteiger partial charge is 0.340 e. The maximum atomic E-state index is 11.3. The number of anilines is 1. The number of nitrogens with two attached hydrogens (primary N) is 1. The highest BCUT2D eigenvalue weighted by Crippen LogP contribution is 2.27. The quantitative estimate of drug-likeness (QED) is 0.748. The van der Waals surface area contributed by atoms with Crippen molar-refractivity contribution in [1.29, 1.82) is 0 Å². The number of methoxy groups -OCH3 is 1. The summed E-state index contributed by atoms with van der Waals surface area (Å²) in [5.74, 6) is -0.798. The minimum absolute atomic E-state index is 0.114. The van der Waals surface area contributed by atoms with Crippen LogP contribution in [-0.4, -0.2) is 25.5 Å². The molecule has 5 nitrogen and oxygen atoms in total. The minimum atomic E-state index is -0.466. The molecule has 0 saturated carbocycles. The first kappa shape index (κ1) is 11.7. The molecule has 0 bridgehead atoms. The molecule has 0 fully saturated rings. The Bertz CT molecular complexity index is 387. The van der Waals surface area contributed by atoms with E-state index in [9.17, 15) is 9.59 Å². The second-order valence-electron chi connectivity index (χ2n) is 2.84. The third kappa shape index (κ3) is 2.77. The van der Waals surface area contributed by atoms with Crippen molar-refractivity contribution < 1.29 is 14.3 Å². The second kappa shape index (κ2) is 4.90. The Morgan fingerprint density at radius 3 is 2.80 bits per heavy atom. The summed E-state index contributed by atoms with van der Waals surface area (Å²) in [5, 5.41) is 3.03. The molecule has 82 valence electrons. The molecule has 1 aromatic rings. The fraction of sp³-hybridized carbons (Fsp3) is 0.333. The van der Waals surface area contributed by atoms with Crippen LogP contribution < -0.4 is 11.1 Å². The Morgan fingerprint density at radius 1 is 1.60 bits per heavy atom. The summed E-state index contributed by atoms with van der Waals surface area (Å²) >= 11 is 1.31. The third-order valence-corrected chi connectivity index (χ3v) is 2.66. The van der Waals surface area contributed by atoms with E-state index in [2.05, 4.69) is 10.1 Å². The monoisotopic (exact) mass is 228 g/mol. The van der Waals surface area contributed by atoms with Gasteiger partial charge >= 0.3 is 5.97 Å². The lowest BCUT2D eigenvalue weighted by Gasteiger charge is -2.02. The zero-order valence-corrected chi connectivity index (χ0v) is 9.31. The molecule has 0 aromatic carbocycles. The fourth-order valence-corrected chi connectivity index (χ4v) is 1.96. The summed E-state index contributed by atoms with van der Waals surface area (Å²) in [7, 11) is 1.30. The van der Waals surface area contributed by atoms with Gasteiger partial charge in [-0.05, 0) is 13.0 Å². The van der Waals surface area contributed by atoms with Crippen LogP contribution in [0, 0.1) is 6.92 Å². The lowest BCUT2D eigenvalue weighted by molar-refractivity contribution is -0.114. The molecule has 0 aliphatic carbocycles. The van der Waals surface area contributed by atoms with Crippen molar-refractivity contribution in [2.24, 2.45) is 5.73 Å². The van der Waals surface area contributed by atoms with Crippen molar-refractivity contribution >= 4 is 28.2 Å². The number of hydrogen-bond donors (Lipinski definition) is 2. The van der Waals surface area contributed by atoms with Crippen molar-refractivity contribution in [2.45, 2.75) is 6.92 Å².